The third kappa shape index (κ3) is 1.69. The molecule has 3 heterocycles. The van der Waals surface area contributed by atoms with Gasteiger partial charge in [0.1, 0.15) is 23.7 Å². The van der Waals surface area contributed by atoms with Crippen molar-refractivity contribution in [2.75, 3.05) is 6.54 Å². The summed E-state index contributed by atoms with van der Waals surface area (Å²) in [4.78, 5) is 27.6. The standard InChI is InChI=1S/C12H9N5O/c18-6-8-3-14-4-9-11(8)12(17-7-16-9)10-5-13-1-2-15-10/h1-2,5,7,14H,3-4H2. The zero-order valence-corrected chi connectivity index (χ0v) is 9.42. The first-order valence-corrected chi connectivity index (χ1v) is 5.45. The number of carbonyl (C=O) groups excluding carboxylic acids is 1. The van der Waals surface area contributed by atoms with E-state index in [4.69, 9.17) is 0 Å². The minimum Gasteiger partial charge on any atom is -0.306 e. The zero-order chi connectivity index (χ0) is 12.4. The fourth-order valence-corrected chi connectivity index (χ4v) is 1.97. The summed E-state index contributed by atoms with van der Waals surface area (Å²) in [5.41, 5.74) is 3.30. The van der Waals surface area contributed by atoms with Gasteiger partial charge in [-0.3, -0.25) is 9.97 Å². The largest absolute Gasteiger partial charge is 0.306 e. The third-order valence-electron chi connectivity index (χ3n) is 2.75. The van der Waals surface area contributed by atoms with E-state index >= 15 is 0 Å². The van der Waals surface area contributed by atoms with Crippen molar-refractivity contribution in [1.82, 2.24) is 25.3 Å². The van der Waals surface area contributed by atoms with E-state index in [1.165, 1.54) is 6.33 Å². The van der Waals surface area contributed by atoms with Crippen LogP contribution in [0.3, 0.4) is 0 Å². The molecule has 2 aromatic heterocycles. The predicted octanol–water partition coefficient (Wildman–Crippen LogP) is 0.252. The number of fused-ring (bicyclic) bond motifs is 1. The molecule has 1 N–H and O–H groups in total. The molecule has 0 amide bonds. The van der Waals surface area contributed by atoms with Gasteiger partial charge >= 0.3 is 0 Å². The van der Waals surface area contributed by atoms with Crippen molar-refractivity contribution < 1.29 is 4.79 Å². The Hall–Kier alpha value is -2.43. The van der Waals surface area contributed by atoms with Crippen LogP contribution in [0.2, 0.25) is 0 Å². The maximum absolute atomic E-state index is 11.0. The topological polar surface area (TPSA) is 80.7 Å². The Bertz CT molecular complexity index is 634. The number of aromatic nitrogens is 4. The summed E-state index contributed by atoms with van der Waals surface area (Å²) in [5.74, 6) is 1.95. The van der Waals surface area contributed by atoms with Crippen molar-refractivity contribution in [2.45, 2.75) is 6.54 Å². The molecule has 3 rings (SSSR count). The molecule has 0 radical (unpaired) electrons. The maximum Gasteiger partial charge on any atom is 0.130 e. The van der Waals surface area contributed by atoms with Crippen molar-refractivity contribution in [3.8, 4) is 11.4 Å². The van der Waals surface area contributed by atoms with Crippen LogP contribution in [0.1, 0.15) is 11.3 Å². The molecular weight excluding hydrogens is 230 g/mol. The van der Waals surface area contributed by atoms with Crippen LogP contribution < -0.4 is 5.32 Å². The second-order valence-corrected chi connectivity index (χ2v) is 3.82. The van der Waals surface area contributed by atoms with Crippen molar-refractivity contribution >= 4 is 11.5 Å². The Morgan fingerprint density at radius 3 is 2.89 bits per heavy atom. The van der Waals surface area contributed by atoms with Gasteiger partial charge in [-0.05, 0) is 0 Å². The van der Waals surface area contributed by atoms with Crippen LogP contribution in [0, 0.1) is 0 Å². The number of rotatable bonds is 1. The molecule has 0 unspecified atom stereocenters. The minimum atomic E-state index is 0.469. The number of nitrogens with zero attached hydrogens (tertiary/aromatic N) is 4. The van der Waals surface area contributed by atoms with Crippen molar-refractivity contribution in [2.24, 2.45) is 0 Å². The van der Waals surface area contributed by atoms with Crippen LogP contribution in [-0.2, 0) is 11.3 Å². The van der Waals surface area contributed by atoms with Gasteiger partial charge in [0.2, 0.25) is 0 Å². The first-order chi connectivity index (χ1) is 8.90. The Morgan fingerprint density at radius 1 is 1.17 bits per heavy atom. The van der Waals surface area contributed by atoms with Gasteiger partial charge in [-0.2, -0.15) is 0 Å². The molecule has 1 aliphatic rings. The lowest BCUT2D eigenvalue weighted by molar-refractivity contribution is 0.568. The molecule has 0 aliphatic carbocycles. The van der Waals surface area contributed by atoms with Crippen LogP contribution >= 0.6 is 0 Å². The van der Waals surface area contributed by atoms with Crippen molar-refractivity contribution in [3.05, 3.63) is 36.2 Å². The molecule has 0 saturated heterocycles. The molecule has 0 saturated carbocycles. The SMILES string of the molecule is O=C=C1CNCc2ncnc(-c3cnccn3)c21. The van der Waals surface area contributed by atoms with Crippen LogP contribution in [0.25, 0.3) is 17.0 Å². The van der Waals surface area contributed by atoms with Gasteiger partial charge in [-0.1, -0.05) is 0 Å². The van der Waals surface area contributed by atoms with E-state index in [1.807, 2.05) is 5.94 Å². The van der Waals surface area contributed by atoms with Gasteiger partial charge in [-0.15, -0.1) is 0 Å². The first-order valence-electron chi connectivity index (χ1n) is 5.45. The maximum atomic E-state index is 11.0. The molecule has 0 spiro atoms. The van der Waals surface area contributed by atoms with E-state index in [1.54, 1.807) is 18.6 Å². The summed E-state index contributed by atoms with van der Waals surface area (Å²) < 4.78 is 0. The van der Waals surface area contributed by atoms with Gasteiger partial charge in [0.05, 0.1) is 17.5 Å². The van der Waals surface area contributed by atoms with Crippen molar-refractivity contribution in [3.63, 3.8) is 0 Å². The molecule has 0 bridgehead atoms. The monoisotopic (exact) mass is 239 g/mol. The van der Waals surface area contributed by atoms with E-state index < -0.39 is 0 Å². The van der Waals surface area contributed by atoms with Gasteiger partial charge < -0.3 is 5.32 Å². The van der Waals surface area contributed by atoms with E-state index in [0.29, 0.717) is 30.1 Å². The molecular formula is C12H9N5O. The van der Waals surface area contributed by atoms with Crippen molar-refractivity contribution in [1.29, 1.82) is 0 Å². The van der Waals surface area contributed by atoms with Gasteiger partial charge in [0, 0.05) is 31.0 Å². The second kappa shape index (κ2) is 4.44. The van der Waals surface area contributed by atoms with Crippen LogP contribution in [0.15, 0.2) is 24.9 Å². The Balaban J connectivity index is 2.26. The molecule has 88 valence electrons. The van der Waals surface area contributed by atoms with Crippen LogP contribution in [0.5, 0.6) is 0 Å². The lowest BCUT2D eigenvalue weighted by atomic mass is 9.98. The highest BCUT2D eigenvalue weighted by molar-refractivity contribution is 5.94. The highest BCUT2D eigenvalue weighted by Gasteiger charge is 2.22. The summed E-state index contributed by atoms with van der Waals surface area (Å²) in [6.45, 7) is 1.08. The summed E-state index contributed by atoms with van der Waals surface area (Å²) >= 11 is 0. The zero-order valence-electron chi connectivity index (χ0n) is 9.42. The highest BCUT2D eigenvalue weighted by Crippen LogP contribution is 2.27. The molecule has 6 heteroatoms. The quantitative estimate of drug-likeness (QED) is 0.718. The van der Waals surface area contributed by atoms with Gasteiger partial charge in [-0.25, -0.2) is 14.8 Å². The highest BCUT2D eigenvalue weighted by atomic mass is 16.1. The normalized spacial score (nSPS) is 13.9. The summed E-state index contributed by atoms with van der Waals surface area (Å²) in [5, 5.41) is 3.09. The van der Waals surface area contributed by atoms with E-state index in [0.717, 1.165) is 11.3 Å². The molecule has 18 heavy (non-hydrogen) atoms. The summed E-state index contributed by atoms with van der Waals surface area (Å²) in [6, 6.07) is 0. The predicted molar refractivity (Wildman–Crippen MR) is 63.9 cm³/mol. The lowest BCUT2D eigenvalue weighted by Crippen LogP contribution is -2.25. The molecule has 2 aromatic rings. The summed E-state index contributed by atoms with van der Waals surface area (Å²) in [7, 11) is 0. The number of hydrogen-bond donors (Lipinski definition) is 1. The van der Waals surface area contributed by atoms with Gasteiger partial charge in [0.15, 0.2) is 0 Å². The lowest BCUT2D eigenvalue weighted by Gasteiger charge is -2.18. The third-order valence-corrected chi connectivity index (χ3v) is 2.75. The molecule has 0 fully saturated rings. The molecule has 0 atom stereocenters. The fourth-order valence-electron chi connectivity index (χ4n) is 1.97. The van der Waals surface area contributed by atoms with Crippen LogP contribution in [-0.4, -0.2) is 32.4 Å². The average Bonchev–Trinajstić information content (AvgIpc) is 2.47. The molecule has 0 aromatic carbocycles. The minimum absolute atomic E-state index is 0.469. The Kier molecular flexibility index (Phi) is 2.64. The van der Waals surface area contributed by atoms with Crippen LogP contribution in [0.4, 0.5) is 0 Å². The number of nitrogens with one attached hydrogen (secondary N) is 1. The van der Waals surface area contributed by atoms with Gasteiger partial charge in [0.25, 0.3) is 0 Å². The number of hydrogen-bond acceptors (Lipinski definition) is 6. The Labute approximate surface area is 103 Å². The smallest absolute Gasteiger partial charge is 0.130 e. The van der Waals surface area contributed by atoms with E-state index in [9.17, 15) is 4.79 Å². The summed E-state index contributed by atoms with van der Waals surface area (Å²) in [6.07, 6.45) is 6.27. The van der Waals surface area contributed by atoms with E-state index in [2.05, 4.69) is 25.3 Å². The molecule has 6 nitrogen and oxygen atoms in total. The Morgan fingerprint density at radius 2 is 2.11 bits per heavy atom. The second-order valence-electron chi connectivity index (χ2n) is 3.82. The average molecular weight is 239 g/mol. The fraction of sp³-hybridized carbons (Fsp3) is 0.167. The van der Waals surface area contributed by atoms with E-state index in [-0.39, 0.29) is 0 Å². The molecule has 1 aliphatic heterocycles. The first kappa shape index (κ1) is 10.7.